The van der Waals surface area contributed by atoms with Gasteiger partial charge in [0, 0.05) is 6.42 Å². The average molecular weight is 176 g/mol. The van der Waals surface area contributed by atoms with Gasteiger partial charge in [0.2, 0.25) is 0 Å². The van der Waals surface area contributed by atoms with Crippen molar-refractivity contribution in [3.05, 3.63) is 43.0 Å². The van der Waals surface area contributed by atoms with Crippen LogP contribution in [0.15, 0.2) is 43.0 Å². The highest BCUT2D eigenvalue weighted by molar-refractivity contribution is 5.89. The molecule has 0 aromatic heterocycles. The van der Waals surface area contributed by atoms with Gasteiger partial charge in [-0.05, 0) is 18.2 Å². The molecule has 0 unspecified atom stereocenters. The van der Waals surface area contributed by atoms with Gasteiger partial charge < -0.3 is 4.74 Å². The number of carbonyl (C=O) groups is 1. The van der Waals surface area contributed by atoms with Crippen molar-refractivity contribution in [2.45, 2.75) is 6.42 Å². The zero-order chi connectivity index (χ0) is 9.52. The third kappa shape index (κ3) is 3.56. The summed E-state index contributed by atoms with van der Waals surface area (Å²) in [6.07, 6.45) is 1.70. The van der Waals surface area contributed by atoms with Crippen LogP contribution in [-0.4, -0.2) is 12.4 Å². The smallest absolute Gasteiger partial charge is 0.158 e. The van der Waals surface area contributed by atoms with Gasteiger partial charge in [0.15, 0.2) is 5.78 Å². The Morgan fingerprint density at radius 1 is 1.38 bits per heavy atom. The van der Waals surface area contributed by atoms with E-state index in [2.05, 4.69) is 6.58 Å². The summed E-state index contributed by atoms with van der Waals surface area (Å²) >= 11 is 0. The van der Waals surface area contributed by atoms with E-state index in [1.165, 1.54) is 6.08 Å². The van der Waals surface area contributed by atoms with Gasteiger partial charge in [-0.25, -0.2) is 0 Å². The minimum absolute atomic E-state index is 0.0101. The summed E-state index contributed by atoms with van der Waals surface area (Å²) < 4.78 is 5.31. The van der Waals surface area contributed by atoms with Crippen molar-refractivity contribution < 1.29 is 9.53 Å². The molecule has 0 bridgehead atoms. The molecule has 1 aromatic carbocycles. The molecular weight excluding hydrogens is 164 g/mol. The normalized spacial score (nSPS) is 9.23. The topological polar surface area (TPSA) is 26.3 Å². The van der Waals surface area contributed by atoms with Crippen LogP contribution in [0.1, 0.15) is 6.42 Å². The first-order chi connectivity index (χ1) is 6.33. The van der Waals surface area contributed by atoms with Gasteiger partial charge in [-0.15, -0.1) is 0 Å². The number of hydrogen-bond donors (Lipinski definition) is 0. The first kappa shape index (κ1) is 9.52. The zero-order valence-electron chi connectivity index (χ0n) is 7.40. The molecule has 0 saturated carbocycles. The SMILES string of the molecule is C=CC(=O)CCOc1ccccc1. The van der Waals surface area contributed by atoms with Gasteiger partial charge in [0.1, 0.15) is 5.75 Å². The number of ether oxygens (including phenoxy) is 1. The van der Waals surface area contributed by atoms with Gasteiger partial charge in [-0.2, -0.15) is 0 Å². The number of para-hydroxylation sites is 1. The second kappa shape index (κ2) is 5.14. The molecule has 13 heavy (non-hydrogen) atoms. The number of benzene rings is 1. The molecule has 0 spiro atoms. The van der Waals surface area contributed by atoms with Gasteiger partial charge in [-0.1, -0.05) is 24.8 Å². The first-order valence-corrected chi connectivity index (χ1v) is 4.16. The molecule has 0 N–H and O–H groups in total. The minimum atomic E-state index is 0.0101. The van der Waals surface area contributed by atoms with Crippen molar-refractivity contribution >= 4 is 5.78 Å². The third-order valence-corrected chi connectivity index (χ3v) is 1.59. The number of hydrogen-bond acceptors (Lipinski definition) is 2. The van der Waals surface area contributed by atoms with Crippen molar-refractivity contribution in [1.29, 1.82) is 0 Å². The van der Waals surface area contributed by atoms with Crippen molar-refractivity contribution in [2.75, 3.05) is 6.61 Å². The monoisotopic (exact) mass is 176 g/mol. The maximum Gasteiger partial charge on any atom is 0.158 e. The second-order valence-corrected chi connectivity index (χ2v) is 2.58. The molecule has 0 saturated heterocycles. The molecule has 0 amide bonds. The first-order valence-electron chi connectivity index (χ1n) is 4.16. The summed E-state index contributed by atoms with van der Waals surface area (Å²) in [6.45, 7) is 3.79. The molecule has 0 heterocycles. The van der Waals surface area contributed by atoms with E-state index in [0.717, 1.165) is 5.75 Å². The van der Waals surface area contributed by atoms with E-state index >= 15 is 0 Å². The van der Waals surface area contributed by atoms with Crippen LogP contribution in [0.3, 0.4) is 0 Å². The summed E-state index contributed by atoms with van der Waals surface area (Å²) in [5.74, 6) is 0.801. The summed E-state index contributed by atoms with van der Waals surface area (Å²) in [4.78, 5) is 10.8. The van der Waals surface area contributed by atoms with E-state index in [1.807, 2.05) is 30.3 Å². The quantitative estimate of drug-likeness (QED) is 0.643. The summed E-state index contributed by atoms with van der Waals surface area (Å²) in [5.41, 5.74) is 0. The van der Waals surface area contributed by atoms with Crippen molar-refractivity contribution in [1.82, 2.24) is 0 Å². The number of ketones is 1. The van der Waals surface area contributed by atoms with Crippen LogP contribution >= 0.6 is 0 Å². The predicted octanol–water partition coefficient (Wildman–Crippen LogP) is 2.21. The number of rotatable bonds is 5. The van der Waals surface area contributed by atoms with E-state index in [4.69, 9.17) is 4.74 Å². The average Bonchev–Trinajstić information content (AvgIpc) is 2.19. The molecular formula is C11H12O2. The predicted molar refractivity (Wildman–Crippen MR) is 51.8 cm³/mol. The molecule has 0 aliphatic rings. The fraction of sp³-hybridized carbons (Fsp3) is 0.182. The molecule has 0 aliphatic carbocycles. The minimum Gasteiger partial charge on any atom is -0.493 e. The zero-order valence-corrected chi connectivity index (χ0v) is 7.40. The van der Waals surface area contributed by atoms with E-state index in [0.29, 0.717) is 13.0 Å². The standard InChI is InChI=1S/C11H12O2/c1-2-10(12)8-9-13-11-6-4-3-5-7-11/h2-7H,1,8-9H2. The Balaban J connectivity index is 2.28. The van der Waals surface area contributed by atoms with E-state index in [-0.39, 0.29) is 5.78 Å². The lowest BCUT2D eigenvalue weighted by molar-refractivity contribution is -0.115. The van der Waals surface area contributed by atoms with Crippen molar-refractivity contribution in [3.63, 3.8) is 0 Å². The van der Waals surface area contributed by atoms with Gasteiger partial charge in [-0.3, -0.25) is 4.79 Å². The van der Waals surface area contributed by atoms with Crippen LogP contribution in [0, 0.1) is 0 Å². The largest absolute Gasteiger partial charge is 0.493 e. The van der Waals surface area contributed by atoms with Crippen LogP contribution in [0.5, 0.6) is 5.75 Å². The van der Waals surface area contributed by atoms with Crippen LogP contribution in [0.4, 0.5) is 0 Å². The summed E-state index contributed by atoms with van der Waals surface area (Å²) in [5, 5.41) is 0. The van der Waals surface area contributed by atoms with Crippen LogP contribution in [0.25, 0.3) is 0 Å². The highest BCUT2D eigenvalue weighted by Crippen LogP contribution is 2.08. The maximum absolute atomic E-state index is 10.8. The Hall–Kier alpha value is -1.57. The maximum atomic E-state index is 10.8. The van der Waals surface area contributed by atoms with Crippen LogP contribution < -0.4 is 4.74 Å². The van der Waals surface area contributed by atoms with E-state index in [9.17, 15) is 4.79 Å². The number of allylic oxidation sites excluding steroid dienone is 1. The van der Waals surface area contributed by atoms with Gasteiger partial charge in [0.05, 0.1) is 6.61 Å². The molecule has 0 atom stereocenters. The number of carbonyl (C=O) groups excluding carboxylic acids is 1. The Kier molecular flexibility index (Phi) is 3.76. The molecule has 1 aromatic rings. The highest BCUT2D eigenvalue weighted by atomic mass is 16.5. The molecule has 1 rings (SSSR count). The Morgan fingerprint density at radius 3 is 2.69 bits per heavy atom. The van der Waals surface area contributed by atoms with Gasteiger partial charge >= 0.3 is 0 Å². The third-order valence-electron chi connectivity index (χ3n) is 1.59. The van der Waals surface area contributed by atoms with Crippen LogP contribution in [0.2, 0.25) is 0 Å². The molecule has 2 heteroatoms. The summed E-state index contributed by atoms with van der Waals surface area (Å²) in [7, 11) is 0. The summed E-state index contributed by atoms with van der Waals surface area (Å²) in [6, 6.07) is 9.42. The Morgan fingerprint density at radius 2 is 2.08 bits per heavy atom. The molecule has 0 fully saturated rings. The molecule has 0 aliphatic heterocycles. The lowest BCUT2D eigenvalue weighted by Crippen LogP contribution is -2.03. The molecule has 0 radical (unpaired) electrons. The second-order valence-electron chi connectivity index (χ2n) is 2.58. The highest BCUT2D eigenvalue weighted by Gasteiger charge is 1.96. The lowest BCUT2D eigenvalue weighted by atomic mass is 10.3. The fourth-order valence-electron chi connectivity index (χ4n) is 0.888. The fourth-order valence-corrected chi connectivity index (χ4v) is 0.888. The van der Waals surface area contributed by atoms with Gasteiger partial charge in [0.25, 0.3) is 0 Å². The Bertz CT molecular complexity index is 277. The lowest BCUT2D eigenvalue weighted by Gasteiger charge is -2.03. The molecule has 68 valence electrons. The van der Waals surface area contributed by atoms with E-state index in [1.54, 1.807) is 0 Å². The van der Waals surface area contributed by atoms with Crippen LogP contribution in [-0.2, 0) is 4.79 Å². The van der Waals surface area contributed by atoms with E-state index < -0.39 is 0 Å². The molecule has 2 nitrogen and oxygen atoms in total. The van der Waals surface area contributed by atoms with Crippen molar-refractivity contribution in [3.8, 4) is 5.75 Å². The van der Waals surface area contributed by atoms with Crippen molar-refractivity contribution in [2.24, 2.45) is 0 Å². The Labute approximate surface area is 77.8 Å².